The molecule has 5 nitrogen and oxygen atoms in total. The summed E-state index contributed by atoms with van der Waals surface area (Å²) in [6.45, 7) is 0.901. The van der Waals surface area contributed by atoms with Gasteiger partial charge in [-0.1, -0.05) is 18.2 Å². The molecule has 0 saturated heterocycles. The van der Waals surface area contributed by atoms with E-state index in [1.807, 2.05) is 24.3 Å². The van der Waals surface area contributed by atoms with Gasteiger partial charge in [-0.05, 0) is 47.2 Å². The van der Waals surface area contributed by atoms with Gasteiger partial charge in [-0.3, -0.25) is 4.98 Å². The molecule has 5 heteroatoms. The van der Waals surface area contributed by atoms with Crippen LogP contribution in [0, 0.1) is 0 Å². The Kier molecular flexibility index (Phi) is 4.34. The summed E-state index contributed by atoms with van der Waals surface area (Å²) in [6.07, 6.45) is 4.16. The minimum Gasteiger partial charge on any atom is -0.465 e. The molecule has 3 rings (SSSR count). The lowest BCUT2D eigenvalue weighted by Crippen LogP contribution is -2.28. The molecule has 2 N–H and O–H groups in total. The average Bonchev–Trinajstić information content (AvgIpc) is 2.75. The number of fused-ring (bicyclic) bond motifs is 1. The van der Waals surface area contributed by atoms with Gasteiger partial charge in [0, 0.05) is 19.0 Å². The van der Waals surface area contributed by atoms with E-state index in [1.165, 1.54) is 11.1 Å². The molecule has 114 valence electrons. The Hall–Kier alpha value is -2.40. The molecule has 1 unspecified atom stereocenters. The van der Waals surface area contributed by atoms with Gasteiger partial charge in [-0.25, -0.2) is 4.79 Å². The van der Waals surface area contributed by atoms with Crippen molar-refractivity contribution in [3.05, 3.63) is 53.9 Å². The fourth-order valence-electron chi connectivity index (χ4n) is 2.90. The first-order valence-corrected chi connectivity index (χ1v) is 7.36. The Morgan fingerprint density at radius 2 is 2.14 bits per heavy atom. The van der Waals surface area contributed by atoms with Crippen LogP contribution in [0.3, 0.4) is 0 Å². The van der Waals surface area contributed by atoms with E-state index < -0.39 is 6.09 Å². The molecule has 0 radical (unpaired) electrons. The smallest absolute Gasteiger partial charge is 0.404 e. The molecule has 1 atom stereocenters. The predicted octanol–water partition coefficient (Wildman–Crippen LogP) is 3.02. The maximum absolute atomic E-state index is 10.8. The molecule has 0 fully saturated rings. The number of aromatic nitrogens is 1. The Morgan fingerprint density at radius 1 is 1.32 bits per heavy atom. The van der Waals surface area contributed by atoms with Crippen LogP contribution in [0.5, 0.6) is 0 Å². The van der Waals surface area contributed by atoms with E-state index >= 15 is 0 Å². The van der Waals surface area contributed by atoms with E-state index in [-0.39, 0.29) is 12.6 Å². The lowest BCUT2D eigenvalue weighted by molar-refractivity contribution is 0.0564. The summed E-state index contributed by atoms with van der Waals surface area (Å²) in [4.78, 5) is 14.8. The van der Waals surface area contributed by atoms with Crippen LogP contribution in [0.2, 0.25) is 0 Å². The molecular weight excluding hydrogens is 280 g/mol. The standard InChI is InChI=1S/C17H18N2O3/c20-17(21)19-11-16-15-4-1-3-13(12-6-8-18-9-7-12)14(15)5-2-10-22-16/h1,3-4,6-9,16,19H,2,5,10-11H2,(H,20,21). The quantitative estimate of drug-likeness (QED) is 0.913. The van der Waals surface area contributed by atoms with Crippen LogP contribution in [-0.2, 0) is 11.2 Å². The van der Waals surface area contributed by atoms with Crippen LogP contribution in [0.4, 0.5) is 4.79 Å². The highest BCUT2D eigenvalue weighted by Crippen LogP contribution is 2.33. The minimum absolute atomic E-state index is 0.240. The van der Waals surface area contributed by atoms with Crippen LogP contribution >= 0.6 is 0 Å². The summed E-state index contributed by atoms with van der Waals surface area (Å²) in [5, 5.41) is 11.2. The predicted molar refractivity (Wildman–Crippen MR) is 82.7 cm³/mol. The number of nitrogens with zero attached hydrogens (tertiary/aromatic N) is 1. The van der Waals surface area contributed by atoms with E-state index in [4.69, 9.17) is 9.84 Å². The van der Waals surface area contributed by atoms with Gasteiger partial charge in [0.1, 0.15) is 6.10 Å². The van der Waals surface area contributed by atoms with Gasteiger partial charge >= 0.3 is 6.09 Å². The number of ether oxygens (including phenoxy) is 1. The second-order valence-electron chi connectivity index (χ2n) is 5.26. The summed E-state index contributed by atoms with van der Waals surface area (Å²) in [5.41, 5.74) is 4.60. The first-order chi connectivity index (χ1) is 10.8. The van der Waals surface area contributed by atoms with Crippen molar-refractivity contribution in [3.63, 3.8) is 0 Å². The summed E-state index contributed by atoms with van der Waals surface area (Å²) in [6, 6.07) is 10.1. The molecule has 0 saturated carbocycles. The van der Waals surface area contributed by atoms with Crippen molar-refractivity contribution in [1.82, 2.24) is 10.3 Å². The highest BCUT2D eigenvalue weighted by molar-refractivity contribution is 5.69. The van der Waals surface area contributed by atoms with E-state index in [0.717, 1.165) is 24.0 Å². The number of nitrogens with one attached hydrogen (secondary N) is 1. The molecule has 1 aliphatic heterocycles. The first kappa shape index (κ1) is 14.5. The molecule has 0 spiro atoms. The number of carbonyl (C=O) groups is 1. The molecule has 2 heterocycles. The van der Waals surface area contributed by atoms with E-state index in [1.54, 1.807) is 12.4 Å². The van der Waals surface area contributed by atoms with Crippen molar-refractivity contribution in [2.45, 2.75) is 18.9 Å². The van der Waals surface area contributed by atoms with Gasteiger partial charge in [0.05, 0.1) is 6.54 Å². The number of carboxylic acid groups (broad SMARTS) is 1. The molecular formula is C17H18N2O3. The first-order valence-electron chi connectivity index (χ1n) is 7.36. The van der Waals surface area contributed by atoms with Crippen molar-refractivity contribution in [2.24, 2.45) is 0 Å². The number of hydrogen-bond acceptors (Lipinski definition) is 3. The minimum atomic E-state index is -1.03. The zero-order valence-electron chi connectivity index (χ0n) is 12.2. The third kappa shape index (κ3) is 3.09. The lowest BCUT2D eigenvalue weighted by atomic mass is 9.91. The molecule has 1 aromatic carbocycles. The molecule has 1 aromatic heterocycles. The topological polar surface area (TPSA) is 71.5 Å². The SMILES string of the molecule is O=C(O)NCC1OCCCc2c(-c3ccncc3)cccc21. The lowest BCUT2D eigenvalue weighted by Gasteiger charge is -2.19. The maximum Gasteiger partial charge on any atom is 0.404 e. The number of rotatable bonds is 3. The van der Waals surface area contributed by atoms with Crippen LogP contribution in [0.15, 0.2) is 42.7 Å². The number of amides is 1. The Labute approximate surface area is 129 Å². The second kappa shape index (κ2) is 6.58. The van der Waals surface area contributed by atoms with E-state index in [9.17, 15) is 4.79 Å². The van der Waals surface area contributed by atoms with Crippen molar-refractivity contribution < 1.29 is 14.6 Å². The number of hydrogen-bond donors (Lipinski definition) is 2. The molecule has 22 heavy (non-hydrogen) atoms. The van der Waals surface area contributed by atoms with Crippen LogP contribution < -0.4 is 5.32 Å². The number of pyridine rings is 1. The summed E-state index contributed by atoms with van der Waals surface area (Å²) < 4.78 is 5.83. The third-order valence-electron chi connectivity index (χ3n) is 3.88. The summed E-state index contributed by atoms with van der Waals surface area (Å²) in [5.74, 6) is 0. The van der Waals surface area contributed by atoms with Crippen LogP contribution in [-0.4, -0.2) is 29.3 Å². The Bertz CT molecular complexity index is 658. The fourth-order valence-corrected chi connectivity index (χ4v) is 2.90. The molecule has 1 aliphatic rings. The highest BCUT2D eigenvalue weighted by Gasteiger charge is 2.22. The monoisotopic (exact) mass is 298 g/mol. The zero-order valence-corrected chi connectivity index (χ0v) is 12.2. The van der Waals surface area contributed by atoms with Gasteiger partial charge in [0.25, 0.3) is 0 Å². The van der Waals surface area contributed by atoms with Gasteiger partial charge in [0.15, 0.2) is 0 Å². The van der Waals surface area contributed by atoms with Gasteiger partial charge in [-0.2, -0.15) is 0 Å². The Balaban J connectivity index is 1.99. The highest BCUT2D eigenvalue weighted by atomic mass is 16.5. The van der Waals surface area contributed by atoms with Gasteiger partial charge in [0.2, 0.25) is 0 Å². The number of benzene rings is 1. The normalized spacial score (nSPS) is 17.4. The molecule has 2 aromatic rings. The summed E-state index contributed by atoms with van der Waals surface area (Å²) >= 11 is 0. The maximum atomic E-state index is 10.8. The van der Waals surface area contributed by atoms with Gasteiger partial charge in [-0.15, -0.1) is 0 Å². The fraction of sp³-hybridized carbons (Fsp3) is 0.294. The zero-order chi connectivity index (χ0) is 15.4. The second-order valence-corrected chi connectivity index (χ2v) is 5.26. The average molecular weight is 298 g/mol. The Morgan fingerprint density at radius 3 is 2.91 bits per heavy atom. The van der Waals surface area contributed by atoms with Crippen LogP contribution in [0.1, 0.15) is 23.7 Å². The van der Waals surface area contributed by atoms with Crippen LogP contribution in [0.25, 0.3) is 11.1 Å². The van der Waals surface area contributed by atoms with E-state index in [2.05, 4.69) is 16.4 Å². The van der Waals surface area contributed by atoms with Crippen molar-refractivity contribution >= 4 is 6.09 Å². The largest absolute Gasteiger partial charge is 0.465 e. The van der Waals surface area contributed by atoms with Gasteiger partial charge < -0.3 is 15.2 Å². The third-order valence-corrected chi connectivity index (χ3v) is 3.88. The summed E-state index contributed by atoms with van der Waals surface area (Å²) in [7, 11) is 0. The van der Waals surface area contributed by atoms with E-state index in [0.29, 0.717) is 6.61 Å². The van der Waals surface area contributed by atoms with Crippen molar-refractivity contribution in [3.8, 4) is 11.1 Å². The molecule has 0 aliphatic carbocycles. The van der Waals surface area contributed by atoms with Crippen molar-refractivity contribution in [1.29, 1.82) is 0 Å². The van der Waals surface area contributed by atoms with Crippen molar-refractivity contribution in [2.75, 3.05) is 13.2 Å². The molecule has 0 bridgehead atoms. The molecule has 1 amide bonds.